The van der Waals surface area contributed by atoms with E-state index in [1.165, 1.54) is 0 Å². The fraction of sp³-hybridized carbons (Fsp3) is 0.111. The molecule has 0 atom stereocenters. The van der Waals surface area contributed by atoms with E-state index in [1.54, 1.807) is 24.4 Å². The van der Waals surface area contributed by atoms with E-state index in [2.05, 4.69) is 16.0 Å². The Balaban J connectivity index is 1.77. The number of carbonyl (C=O) groups is 2. The van der Waals surface area contributed by atoms with Crippen LogP contribution in [0.25, 0.3) is 5.57 Å². The maximum absolute atomic E-state index is 12.0. The average Bonchev–Trinajstić information content (AvgIpc) is 2.58. The number of fused-ring (bicyclic) bond motifs is 1. The molecule has 2 aromatic rings. The summed E-state index contributed by atoms with van der Waals surface area (Å²) in [6, 6.07) is 15.1. The van der Waals surface area contributed by atoms with Crippen LogP contribution in [-0.4, -0.2) is 18.9 Å². The molecule has 1 aliphatic rings. The van der Waals surface area contributed by atoms with Gasteiger partial charge < -0.3 is 10.6 Å². The predicted molar refractivity (Wildman–Crippen MR) is 89.7 cm³/mol. The summed E-state index contributed by atoms with van der Waals surface area (Å²) >= 11 is 0. The van der Waals surface area contributed by atoms with Crippen LogP contribution in [0.5, 0.6) is 0 Å². The number of carbonyl (C=O) groups excluding carboxylic acids is 2. The smallest absolute Gasteiger partial charge is 0.260 e. The molecule has 0 saturated heterocycles. The largest absolute Gasteiger partial charge is 0.388 e. The van der Waals surface area contributed by atoms with Gasteiger partial charge in [0.05, 0.1) is 5.57 Å². The second-order valence-electron chi connectivity index (χ2n) is 5.21. The third-order valence-electron chi connectivity index (χ3n) is 3.73. The van der Waals surface area contributed by atoms with Crippen LogP contribution in [0.3, 0.4) is 0 Å². The molecule has 0 fully saturated rings. The van der Waals surface area contributed by atoms with E-state index >= 15 is 0 Å². The SMILES string of the molecule is CNc1ccc(CNC=C2C(=O)NC(=O)c3ccccc32)cc1. The second-order valence-corrected chi connectivity index (χ2v) is 5.21. The van der Waals surface area contributed by atoms with E-state index in [1.807, 2.05) is 37.4 Å². The highest BCUT2D eigenvalue weighted by Gasteiger charge is 2.26. The first-order valence-corrected chi connectivity index (χ1v) is 7.34. The molecule has 0 aromatic heterocycles. The number of amides is 2. The molecule has 1 aliphatic heterocycles. The number of nitrogens with one attached hydrogen (secondary N) is 3. The zero-order valence-electron chi connectivity index (χ0n) is 12.7. The van der Waals surface area contributed by atoms with Crippen LogP contribution >= 0.6 is 0 Å². The number of hydrogen-bond acceptors (Lipinski definition) is 4. The van der Waals surface area contributed by atoms with Crippen molar-refractivity contribution in [1.82, 2.24) is 10.6 Å². The molecule has 0 spiro atoms. The van der Waals surface area contributed by atoms with Crippen LogP contribution in [0.4, 0.5) is 5.69 Å². The third-order valence-corrected chi connectivity index (χ3v) is 3.73. The Morgan fingerprint density at radius 2 is 1.65 bits per heavy atom. The Hall–Kier alpha value is -3.08. The Morgan fingerprint density at radius 1 is 0.957 bits per heavy atom. The van der Waals surface area contributed by atoms with Gasteiger partial charge in [-0.15, -0.1) is 0 Å². The van der Waals surface area contributed by atoms with Crippen molar-refractivity contribution >= 4 is 23.1 Å². The molecule has 23 heavy (non-hydrogen) atoms. The fourth-order valence-electron chi connectivity index (χ4n) is 2.48. The highest BCUT2D eigenvalue weighted by Crippen LogP contribution is 2.23. The van der Waals surface area contributed by atoms with Crippen LogP contribution in [0.1, 0.15) is 21.5 Å². The molecule has 5 heteroatoms. The zero-order valence-corrected chi connectivity index (χ0v) is 12.7. The van der Waals surface area contributed by atoms with Gasteiger partial charge in [-0.3, -0.25) is 14.9 Å². The molecule has 1 heterocycles. The van der Waals surface area contributed by atoms with Gasteiger partial charge in [0.15, 0.2) is 0 Å². The fourth-order valence-corrected chi connectivity index (χ4v) is 2.48. The molecule has 0 saturated carbocycles. The van der Waals surface area contributed by atoms with Gasteiger partial charge in [-0.2, -0.15) is 0 Å². The lowest BCUT2D eigenvalue weighted by molar-refractivity contribution is -0.114. The van der Waals surface area contributed by atoms with Gasteiger partial charge in [-0.25, -0.2) is 0 Å². The van der Waals surface area contributed by atoms with Gasteiger partial charge in [-0.05, 0) is 23.8 Å². The van der Waals surface area contributed by atoms with Crippen molar-refractivity contribution in [2.75, 3.05) is 12.4 Å². The van der Waals surface area contributed by atoms with Crippen molar-refractivity contribution in [3.05, 3.63) is 71.4 Å². The number of rotatable bonds is 4. The Kier molecular flexibility index (Phi) is 4.10. The van der Waals surface area contributed by atoms with Crippen molar-refractivity contribution in [1.29, 1.82) is 0 Å². The minimum atomic E-state index is -0.383. The minimum Gasteiger partial charge on any atom is -0.388 e. The van der Waals surface area contributed by atoms with Gasteiger partial charge in [0.25, 0.3) is 11.8 Å². The first-order valence-electron chi connectivity index (χ1n) is 7.34. The predicted octanol–water partition coefficient (Wildman–Crippen LogP) is 2.13. The molecule has 2 amide bonds. The standard InChI is InChI=1S/C18H17N3O2/c1-19-13-8-6-12(7-9-13)10-20-11-16-14-4-2-3-5-15(14)17(22)21-18(16)23/h2-9,11,19-20H,10H2,1H3,(H,21,22,23). The van der Waals surface area contributed by atoms with Gasteiger partial charge in [0, 0.05) is 36.6 Å². The Labute approximate surface area is 134 Å². The monoisotopic (exact) mass is 307 g/mol. The van der Waals surface area contributed by atoms with Crippen molar-refractivity contribution in [3.63, 3.8) is 0 Å². The lowest BCUT2D eigenvalue weighted by Gasteiger charge is -2.18. The van der Waals surface area contributed by atoms with E-state index in [0.29, 0.717) is 23.2 Å². The summed E-state index contributed by atoms with van der Waals surface area (Å²) in [6.45, 7) is 0.594. The van der Waals surface area contributed by atoms with Crippen LogP contribution in [0, 0.1) is 0 Å². The topological polar surface area (TPSA) is 70.2 Å². The quantitative estimate of drug-likeness (QED) is 0.598. The van der Waals surface area contributed by atoms with Gasteiger partial charge in [0.1, 0.15) is 0 Å². The summed E-state index contributed by atoms with van der Waals surface area (Å²) in [5.41, 5.74) is 3.78. The maximum Gasteiger partial charge on any atom is 0.260 e. The average molecular weight is 307 g/mol. The Morgan fingerprint density at radius 3 is 2.35 bits per heavy atom. The van der Waals surface area contributed by atoms with Crippen molar-refractivity contribution < 1.29 is 9.59 Å². The van der Waals surface area contributed by atoms with Crippen LogP contribution in [0.15, 0.2) is 54.7 Å². The van der Waals surface area contributed by atoms with E-state index in [-0.39, 0.29) is 11.8 Å². The summed E-state index contributed by atoms with van der Waals surface area (Å²) in [7, 11) is 1.87. The Bertz CT molecular complexity index is 779. The summed E-state index contributed by atoms with van der Waals surface area (Å²) < 4.78 is 0. The molecule has 0 radical (unpaired) electrons. The molecule has 5 nitrogen and oxygen atoms in total. The first kappa shape index (κ1) is 14.8. The van der Waals surface area contributed by atoms with Crippen LogP contribution in [-0.2, 0) is 11.3 Å². The number of imide groups is 1. The van der Waals surface area contributed by atoms with E-state index in [4.69, 9.17) is 0 Å². The number of anilines is 1. The normalized spacial score (nSPS) is 15.1. The molecular weight excluding hydrogens is 290 g/mol. The molecule has 0 unspecified atom stereocenters. The van der Waals surface area contributed by atoms with Gasteiger partial charge >= 0.3 is 0 Å². The molecule has 3 rings (SSSR count). The molecule has 0 bridgehead atoms. The molecule has 116 valence electrons. The zero-order chi connectivity index (χ0) is 16.2. The van der Waals surface area contributed by atoms with Gasteiger partial charge in [-0.1, -0.05) is 30.3 Å². The van der Waals surface area contributed by atoms with Crippen molar-refractivity contribution in [2.24, 2.45) is 0 Å². The van der Waals surface area contributed by atoms with Crippen molar-refractivity contribution in [3.8, 4) is 0 Å². The first-order chi connectivity index (χ1) is 11.2. The van der Waals surface area contributed by atoms with Crippen LogP contribution < -0.4 is 16.0 Å². The van der Waals surface area contributed by atoms with Gasteiger partial charge in [0.2, 0.25) is 0 Å². The van der Waals surface area contributed by atoms with E-state index < -0.39 is 0 Å². The van der Waals surface area contributed by atoms with E-state index in [0.717, 1.165) is 11.3 Å². The molecule has 0 aliphatic carbocycles. The maximum atomic E-state index is 12.0. The van der Waals surface area contributed by atoms with Crippen LogP contribution in [0.2, 0.25) is 0 Å². The van der Waals surface area contributed by atoms with Crippen molar-refractivity contribution in [2.45, 2.75) is 6.54 Å². The summed E-state index contributed by atoms with van der Waals surface area (Å²) in [6.07, 6.45) is 1.66. The highest BCUT2D eigenvalue weighted by molar-refractivity contribution is 6.30. The lowest BCUT2D eigenvalue weighted by Crippen LogP contribution is -2.36. The number of hydrogen-bond donors (Lipinski definition) is 3. The summed E-state index contributed by atoms with van der Waals surface area (Å²) in [5, 5.41) is 8.56. The highest BCUT2D eigenvalue weighted by atomic mass is 16.2. The molecule has 3 N–H and O–H groups in total. The molecule has 2 aromatic carbocycles. The lowest BCUT2D eigenvalue weighted by atomic mass is 9.96. The third kappa shape index (κ3) is 3.08. The minimum absolute atomic E-state index is 0.356. The number of benzene rings is 2. The molecular formula is C18H17N3O2. The second kappa shape index (κ2) is 6.36. The summed E-state index contributed by atoms with van der Waals surface area (Å²) in [5.74, 6) is -0.739. The van der Waals surface area contributed by atoms with E-state index in [9.17, 15) is 9.59 Å². The summed E-state index contributed by atoms with van der Waals surface area (Å²) in [4.78, 5) is 23.9.